The normalized spacial score (nSPS) is 23.6. The molecule has 1 amide bonds. The number of carbonyl (C=O) groups is 1. The van der Waals surface area contributed by atoms with Gasteiger partial charge in [0, 0.05) is 32.7 Å². The van der Waals surface area contributed by atoms with Crippen LogP contribution in [0.15, 0.2) is 48.5 Å². The minimum Gasteiger partial charge on any atom is -0.497 e. The minimum absolute atomic E-state index is 0.174. The predicted molar refractivity (Wildman–Crippen MR) is 125 cm³/mol. The summed E-state index contributed by atoms with van der Waals surface area (Å²) in [7, 11) is 1.64. The Balaban J connectivity index is 1.25. The van der Waals surface area contributed by atoms with Crippen LogP contribution < -0.4 is 9.47 Å². The highest BCUT2D eigenvalue weighted by molar-refractivity contribution is 5.88. The summed E-state index contributed by atoms with van der Waals surface area (Å²) in [4.78, 5) is 15.9. The number of amides is 1. The molecule has 1 spiro atoms. The van der Waals surface area contributed by atoms with Crippen LogP contribution in [0.1, 0.15) is 37.7 Å². The van der Waals surface area contributed by atoms with Crippen molar-refractivity contribution in [2.45, 2.75) is 49.2 Å². The van der Waals surface area contributed by atoms with E-state index in [2.05, 4.69) is 0 Å². The summed E-state index contributed by atoms with van der Waals surface area (Å²) in [5, 5.41) is 0. The molecule has 0 bridgehead atoms. The minimum atomic E-state index is -0.567. The van der Waals surface area contributed by atoms with Gasteiger partial charge in [-0.05, 0) is 55.5 Å². The van der Waals surface area contributed by atoms with Crippen LogP contribution >= 0.6 is 0 Å². The Hall–Kier alpha value is -2.64. The monoisotopic (exact) mass is 469 g/mol. The molecule has 3 aliphatic heterocycles. The lowest BCUT2D eigenvalue weighted by molar-refractivity contribution is -0.146. The van der Waals surface area contributed by atoms with Crippen molar-refractivity contribution in [1.29, 1.82) is 0 Å². The van der Waals surface area contributed by atoms with Gasteiger partial charge in [-0.1, -0.05) is 24.3 Å². The third-order valence-corrected chi connectivity index (χ3v) is 7.67. The lowest BCUT2D eigenvalue weighted by Crippen LogP contribution is -2.54. The van der Waals surface area contributed by atoms with E-state index in [1.54, 1.807) is 25.3 Å². The standard InChI is InChI=1S/C27H32FNO5/c1-31-21-8-6-20(7-9-21)27(12-16-32-17-13-27)25(30)29-14-10-26(11-15-29)18-22(19-33-26)34-24-5-3-2-4-23(24)28/h2-9,22H,10-19H2,1H3/t22-/m0/s1. The number of carbonyl (C=O) groups excluding carboxylic acids is 1. The molecule has 182 valence electrons. The Labute approximate surface area is 199 Å². The van der Waals surface area contributed by atoms with E-state index >= 15 is 0 Å². The van der Waals surface area contributed by atoms with Crippen molar-refractivity contribution >= 4 is 5.91 Å². The van der Waals surface area contributed by atoms with Crippen LogP contribution in [0.3, 0.4) is 0 Å². The first-order valence-corrected chi connectivity index (χ1v) is 12.1. The molecule has 7 heteroatoms. The van der Waals surface area contributed by atoms with Gasteiger partial charge in [-0.15, -0.1) is 0 Å². The van der Waals surface area contributed by atoms with Crippen molar-refractivity contribution in [3.05, 3.63) is 59.9 Å². The van der Waals surface area contributed by atoms with Crippen molar-refractivity contribution in [3.8, 4) is 11.5 Å². The largest absolute Gasteiger partial charge is 0.497 e. The molecule has 2 aromatic carbocycles. The number of hydrogen-bond acceptors (Lipinski definition) is 5. The van der Waals surface area contributed by atoms with Crippen molar-refractivity contribution < 1.29 is 28.1 Å². The first kappa shape index (κ1) is 23.1. The van der Waals surface area contributed by atoms with E-state index in [9.17, 15) is 9.18 Å². The molecular weight excluding hydrogens is 437 g/mol. The Bertz CT molecular complexity index is 996. The highest BCUT2D eigenvalue weighted by atomic mass is 19.1. The highest BCUT2D eigenvalue weighted by Crippen LogP contribution is 2.41. The fourth-order valence-electron chi connectivity index (χ4n) is 5.62. The van der Waals surface area contributed by atoms with Crippen LogP contribution in [0.25, 0.3) is 0 Å². The molecule has 0 aromatic heterocycles. The Morgan fingerprint density at radius 3 is 2.41 bits per heavy atom. The number of likely N-dealkylation sites (tertiary alicyclic amines) is 1. The number of para-hydroxylation sites is 1. The van der Waals surface area contributed by atoms with E-state index in [1.807, 2.05) is 29.2 Å². The van der Waals surface area contributed by atoms with Gasteiger partial charge in [-0.2, -0.15) is 0 Å². The van der Waals surface area contributed by atoms with Crippen molar-refractivity contribution in [1.82, 2.24) is 4.90 Å². The number of halogens is 1. The quantitative estimate of drug-likeness (QED) is 0.660. The first-order chi connectivity index (χ1) is 16.5. The molecule has 5 rings (SSSR count). The van der Waals surface area contributed by atoms with E-state index in [1.165, 1.54) is 6.07 Å². The van der Waals surface area contributed by atoms with Crippen LogP contribution in [0.4, 0.5) is 4.39 Å². The van der Waals surface area contributed by atoms with Gasteiger partial charge in [0.1, 0.15) is 11.9 Å². The van der Waals surface area contributed by atoms with Gasteiger partial charge in [0.15, 0.2) is 11.6 Å². The lowest BCUT2D eigenvalue weighted by Gasteiger charge is -2.44. The molecule has 3 saturated heterocycles. The maximum Gasteiger partial charge on any atom is 0.233 e. The smallest absolute Gasteiger partial charge is 0.233 e. The van der Waals surface area contributed by atoms with Crippen LogP contribution in [0.5, 0.6) is 11.5 Å². The Morgan fingerprint density at radius 1 is 1.03 bits per heavy atom. The number of nitrogens with zero attached hydrogens (tertiary/aromatic N) is 1. The predicted octanol–water partition coefficient (Wildman–Crippen LogP) is 4.11. The third kappa shape index (κ3) is 4.39. The molecule has 34 heavy (non-hydrogen) atoms. The molecule has 3 aliphatic rings. The maximum atomic E-state index is 14.0. The second-order valence-electron chi connectivity index (χ2n) is 9.58. The number of ether oxygens (including phenoxy) is 4. The van der Waals surface area contributed by atoms with E-state index in [0.717, 1.165) is 24.2 Å². The molecule has 1 atom stereocenters. The molecule has 0 radical (unpaired) electrons. The van der Waals surface area contributed by atoms with E-state index in [4.69, 9.17) is 18.9 Å². The van der Waals surface area contributed by atoms with Gasteiger partial charge in [0.05, 0.1) is 24.7 Å². The van der Waals surface area contributed by atoms with Crippen LogP contribution in [0, 0.1) is 5.82 Å². The summed E-state index contributed by atoms with van der Waals surface area (Å²) in [5.41, 5.74) is 0.148. The van der Waals surface area contributed by atoms with Crippen LogP contribution in [0.2, 0.25) is 0 Å². The molecular formula is C27H32FNO5. The van der Waals surface area contributed by atoms with E-state index in [0.29, 0.717) is 52.2 Å². The number of rotatable bonds is 5. The summed E-state index contributed by atoms with van der Waals surface area (Å²) in [6.07, 6.45) is 3.39. The van der Waals surface area contributed by atoms with Gasteiger partial charge in [0.2, 0.25) is 5.91 Å². The Kier molecular flexibility index (Phi) is 6.49. The van der Waals surface area contributed by atoms with Crippen molar-refractivity contribution in [2.24, 2.45) is 0 Å². The molecule has 0 unspecified atom stereocenters. The van der Waals surface area contributed by atoms with E-state index < -0.39 is 5.41 Å². The summed E-state index contributed by atoms with van der Waals surface area (Å²) in [5.74, 6) is 0.864. The van der Waals surface area contributed by atoms with Crippen LogP contribution in [-0.4, -0.2) is 62.5 Å². The second-order valence-corrected chi connectivity index (χ2v) is 9.58. The molecule has 0 N–H and O–H groups in total. The van der Waals surface area contributed by atoms with Gasteiger partial charge < -0.3 is 23.8 Å². The maximum absolute atomic E-state index is 14.0. The van der Waals surface area contributed by atoms with Gasteiger partial charge in [-0.25, -0.2) is 4.39 Å². The molecule has 6 nitrogen and oxygen atoms in total. The average Bonchev–Trinajstić information content (AvgIpc) is 3.27. The number of methoxy groups -OCH3 is 1. The zero-order valence-electron chi connectivity index (χ0n) is 19.6. The van der Waals surface area contributed by atoms with Crippen molar-refractivity contribution in [2.75, 3.05) is 40.0 Å². The lowest BCUT2D eigenvalue weighted by atomic mass is 9.72. The summed E-state index contributed by atoms with van der Waals surface area (Å²) in [6, 6.07) is 14.3. The Morgan fingerprint density at radius 2 is 1.74 bits per heavy atom. The van der Waals surface area contributed by atoms with Gasteiger partial charge >= 0.3 is 0 Å². The molecule has 0 saturated carbocycles. The van der Waals surface area contributed by atoms with Crippen molar-refractivity contribution in [3.63, 3.8) is 0 Å². The summed E-state index contributed by atoms with van der Waals surface area (Å²) >= 11 is 0. The van der Waals surface area contributed by atoms with Gasteiger partial charge in [-0.3, -0.25) is 4.79 Å². The zero-order chi connectivity index (χ0) is 23.6. The fourth-order valence-corrected chi connectivity index (χ4v) is 5.62. The summed E-state index contributed by atoms with van der Waals surface area (Å²) < 4.78 is 37.0. The zero-order valence-corrected chi connectivity index (χ0v) is 19.6. The van der Waals surface area contributed by atoms with E-state index in [-0.39, 0.29) is 29.2 Å². The fraction of sp³-hybridized carbons (Fsp3) is 0.519. The summed E-state index contributed by atoms with van der Waals surface area (Å²) in [6.45, 7) is 2.88. The molecule has 2 aromatic rings. The second kappa shape index (κ2) is 9.55. The topological polar surface area (TPSA) is 57.2 Å². The molecule has 3 fully saturated rings. The molecule has 0 aliphatic carbocycles. The third-order valence-electron chi connectivity index (χ3n) is 7.67. The average molecular weight is 470 g/mol. The molecule has 3 heterocycles. The first-order valence-electron chi connectivity index (χ1n) is 12.1. The number of benzene rings is 2. The van der Waals surface area contributed by atoms with Gasteiger partial charge in [0.25, 0.3) is 0 Å². The SMILES string of the molecule is COc1ccc(C2(C(=O)N3CCC4(CC3)C[C@H](Oc3ccccc3F)CO4)CCOCC2)cc1. The number of piperidine rings is 1. The highest BCUT2D eigenvalue weighted by Gasteiger charge is 2.48. The number of hydrogen-bond donors (Lipinski definition) is 0. The van der Waals surface area contributed by atoms with Crippen LogP contribution in [-0.2, 0) is 19.7 Å².